The number of imidazole rings is 1. The largest absolute Gasteiger partial charge is 0.342 e. The molecule has 0 radical (unpaired) electrons. The number of hydrogen-bond acceptors (Lipinski definition) is 2. The second-order valence-electron chi connectivity index (χ2n) is 6.67. The molecule has 0 spiro atoms. The molecule has 0 saturated heterocycles. The van der Waals surface area contributed by atoms with E-state index in [-0.39, 0.29) is 5.41 Å². The van der Waals surface area contributed by atoms with E-state index in [9.17, 15) is 4.79 Å². The number of aromatic amines is 1. The summed E-state index contributed by atoms with van der Waals surface area (Å²) in [4.78, 5) is 20.2. The number of carbonyl (C=O) groups is 1. The molecule has 2 aliphatic carbocycles. The molecule has 0 amide bonds. The third-order valence-corrected chi connectivity index (χ3v) is 5.41. The Morgan fingerprint density at radius 2 is 2.05 bits per heavy atom. The van der Waals surface area contributed by atoms with E-state index in [0.29, 0.717) is 18.1 Å². The molecule has 108 valence electrons. The predicted octanol–water partition coefficient (Wildman–Crippen LogP) is 3.65. The van der Waals surface area contributed by atoms with E-state index in [2.05, 4.69) is 24.0 Å². The number of nitrogens with one attached hydrogen (secondary N) is 1. The van der Waals surface area contributed by atoms with Crippen molar-refractivity contribution in [1.29, 1.82) is 0 Å². The lowest BCUT2D eigenvalue weighted by Gasteiger charge is -2.43. The first-order chi connectivity index (χ1) is 10.2. The van der Waals surface area contributed by atoms with Crippen LogP contribution in [-0.4, -0.2) is 15.8 Å². The normalized spacial score (nSPS) is 28.0. The highest BCUT2D eigenvalue weighted by Gasteiger charge is 2.46. The minimum Gasteiger partial charge on any atom is -0.342 e. The van der Waals surface area contributed by atoms with Gasteiger partial charge in [0.05, 0.1) is 5.69 Å². The number of ketones is 1. The van der Waals surface area contributed by atoms with Gasteiger partial charge in [0.25, 0.3) is 0 Å². The molecule has 1 aromatic heterocycles. The van der Waals surface area contributed by atoms with E-state index >= 15 is 0 Å². The summed E-state index contributed by atoms with van der Waals surface area (Å²) in [5.74, 6) is 1.87. The van der Waals surface area contributed by atoms with E-state index in [0.717, 1.165) is 37.1 Å². The molecule has 2 aromatic rings. The summed E-state index contributed by atoms with van der Waals surface area (Å²) >= 11 is 0. The lowest BCUT2D eigenvalue weighted by atomic mass is 9.60. The zero-order valence-corrected chi connectivity index (χ0v) is 12.4. The number of rotatable bonds is 1. The van der Waals surface area contributed by atoms with Crippen molar-refractivity contribution >= 4 is 5.78 Å². The Labute approximate surface area is 124 Å². The number of fused-ring (bicyclic) bond motifs is 3. The lowest BCUT2D eigenvalue weighted by Crippen LogP contribution is -2.42. The highest BCUT2D eigenvalue weighted by molar-refractivity contribution is 5.80. The molecule has 1 N–H and O–H groups in total. The highest BCUT2D eigenvalue weighted by Crippen LogP contribution is 2.48. The van der Waals surface area contributed by atoms with Crippen molar-refractivity contribution in [1.82, 2.24) is 9.97 Å². The Morgan fingerprint density at radius 1 is 1.24 bits per heavy atom. The second kappa shape index (κ2) is 4.55. The summed E-state index contributed by atoms with van der Waals surface area (Å²) in [7, 11) is 0. The SMILES string of the molecule is CC12CCC(=O)CC1CCc1[nH]c(-c3ccccc3)nc12. The van der Waals surface area contributed by atoms with Crippen molar-refractivity contribution in [3.8, 4) is 11.4 Å². The van der Waals surface area contributed by atoms with Crippen molar-refractivity contribution in [3.63, 3.8) is 0 Å². The van der Waals surface area contributed by atoms with E-state index in [1.807, 2.05) is 18.2 Å². The van der Waals surface area contributed by atoms with E-state index < -0.39 is 0 Å². The van der Waals surface area contributed by atoms with Crippen LogP contribution in [0.4, 0.5) is 0 Å². The molecular formula is C18H20N2O. The van der Waals surface area contributed by atoms with Crippen LogP contribution in [0.2, 0.25) is 0 Å². The number of nitrogens with zero attached hydrogens (tertiary/aromatic N) is 1. The van der Waals surface area contributed by atoms with E-state index in [1.165, 1.54) is 11.4 Å². The van der Waals surface area contributed by atoms with Crippen LogP contribution in [0.5, 0.6) is 0 Å². The summed E-state index contributed by atoms with van der Waals surface area (Å²) in [6, 6.07) is 10.3. The standard InChI is InChI=1S/C18H20N2O/c1-18-10-9-14(21)11-13(18)7-8-15-16(18)20-17(19-15)12-5-3-2-4-6-12/h2-6,13H,7-11H2,1H3,(H,19,20). The average Bonchev–Trinajstić information content (AvgIpc) is 2.95. The number of carbonyl (C=O) groups excluding carboxylic acids is 1. The van der Waals surface area contributed by atoms with Crippen molar-refractivity contribution in [2.24, 2.45) is 5.92 Å². The number of Topliss-reactive ketones (excluding diaryl/α,β-unsaturated/α-hetero) is 1. The molecule has 1 fully saturated rings. The number of benzene rings is 1. The molecule has 21 heavy (non-hydrogen) atoms. The van der Waals surface area contributed by atoms with Gasteiger partial charge in [-0.05, 0) is 25.2 Å². The fourth-order valence-electron chi connectivity index (χ4n) is 4.05. The molecule has 3 heteroatoms. The van der Waals surface area contributed by atoms with Crippen LogP contribution in [0.3, 0.4) is 0 Å². The molecule has 0 aliphatic heterocycles. The molecular weight excluding hydrogens is 260 g/mol. The number of hydrogen-bond donors (Lipinski definition) is 1. The van der Waals surface area contributed by atoms with Gasteiger partial charge in [-0.15, -0.1) is 0 Å². The van der Waals surface area contributed by atoms with Gasteiger partial charge in [0.2, 0.25) is 0 Å². The minimum absolute atomic E-state index is 0.0744. The van der Waals surface area contributed by atoms with Crippen LogP contribution in [0.15, 0.2) is 30.3 Å². The molecule has 1 saturated carbocycles. The van der Waals surface area contributed by atoms with Crippen LogP contribution >= 0.6 is 0 Å². The monoisotopic (exact) mass is 280 g/mol. The van der Waals surface area contributed by atoms with Gasteiger partial charge in [-0.25, -0.2) is 4.98 Å². The maximum Gasteiger partial charge on any atom is 0.137 e. The van der Waals surface area contributed by atoms with Crippen LogP contribution in [0.1, 0.15) is 44.0 Å². The summed E-state index contributed by atoms with van der Waals surface area (Å²) in [5, 5.41) is 0. The van der Waals surface area contributed by atoms with Crippen molar-refractivity contribution in [2.75, 3.05) is 0 Å². The summed E-state index contributed by atoms with van der Waals surface area (Å²) in [5.41, 5.74) is 3.70. The van der Waals surface area contributed by atoms with Crippen LogP contribution in [0, 0.1) is 5.92 Å². The smallest absolute Gasteiger partial charge is 0.137 e. The average molecular weight is 280 g/mol. The molecule has 4 rings (SSSR count). The third kappa shape index (κ3) is 1.95. The van der Waals surface area contributed by atoms with Gasteiger partial charge in [0.1, 0.15) is 11.6 Å². The quantitative estimate of drug-likeness (QED) is 0.866. The maximum atomic E-state index is 11.8. The number of aryl methyl sites for hydroxylation is 1. The fraction of sp³-hybridized carbons (Fsp3) is 0.444. The summed E-state index contributed by atoms with van der Waals surface area (Å²) in [6.07, 6.45) is 4.51. The molecule has 2 unspecified atom stereocenters. The summed E-state index contributed by atoms with van der Waals surface area (Å²) < 4.78 is 0. The van der Waals surface area contributed by atoms with Crippen molar-refractivity contribution < 1.29 is 4.79 Å². The molecule has 3 nitrogen and oxygen atoms in total. The summed E-state index contributed by atoms with van der Waals surface area (Å²) in [6.45, 7) is 2.30. The first-order valence-corrected chi connectivity index (χ1v) is 7.83. The van der Waals surface area contributed by atoms with Gasteiger partial charge in [0.15, 0.2) is 0 Å². The van der Waals surface area contributed by atoms with Crippen LogP contribution in [0.25, 0.3) is 11.4 Å². The van der Waals surface area contributed by atoms with E-state index in [4.69, 9.17) is 4.98 Å². The fourth-order valence-corrected chi connectivity index (χ4v) is 4.05. The molecule has 2 aliphatic rings. The van der Waals surface area contributed by atoms with Gasteiger partial charge >= 0.3 is 0 Å². The van der Waals surface area contributed by atoms with Gasteiger partial charge in [-0.1, -0.05) is 37.3 Å². The first-order valence-electron chi connectivity index (χ1n) is 7.83. The van der Waals surface area contributed by atoms with E-state index in [1.54, 1.807) is 0 Å². The van der Waals surface area contributed by atoms with Gasteiger partial charge in [0, 0.05) is 29.5 Å². The first kappa shape index (κ1) is 12.8. The van der Waals surface area contributed by atoms with Crippen LogP contribution < -0.4 is 0 Å². The molecule has 0 bridgehead atoms. The molecule has 2 atom stereocenters. The van der Waals surface area contributed by atoms with Gasteiger partial charge in [-0.3, -0.25) is 4.79 Å². The maximum absolute atomic E-state index is 11.8. The Morgan fingerprint density at radius 3 is 2.86 bits per heavy atom. The Balaban J connectivity index is 1.77. The zero-order valence-electron chi connectivity index (χ0n) is 12.4. The Hall–Kier alpha value is -1.90. The topological polar surface area (TPSA) is 45.8 Å². The Kier molecular flexibility index (Phi) is 2.78. The highest BCUT2D eigenvalue weighted by atomic mass is 16.1. The zero-order chi connectivity index (χ0) is 14.4. The minimum atomic E-state index is 0.0744. The predicted molar refractivity (Wildman–Crippen MR) is 82.0 cm³/mol. The number of aromatic nitrogens is 2. The lowest BCUT2D eigenvalue weighted by molar-refractivity contribution is -0.123. The second-order valence-corrected chi connectivity index (χ2v) is 6.67. The molecule has 1 heterocycles. The van der Waals surface area contributed by atoms with Gasteiger partial charge < -0.3 is 4.98 Å². The Bertz CT molecular complexity index is 688. The van der Waals surface area contributed by atoms with Gasteiger partial charge in [-0.2, -0.15) is 0 Å². The van der Waals surface area contributed by atoms with Crippen molar-refractivity contribution in [3.05, 3.63) is 41.7 Å². The third-order valence-electron chi connectivity index (χ3n) is 5.41. The molecule has 1 aromatic carbocycles. The van der Waals surface area contributed by atoms with Crippen molar-refractivity contribution in [2.45, 2.75) is 44.4 Å². The number of H-pyrrole nitrogens is 1. The van der Waals surface area contributed by atoms with Crippen LogP contribution in [-0.2, 0) is 16.6 Å².